The highest BCUT2D eigenvalue weighted by Crippen LogP contribution is 2.32. The summed E-state index contributed by atoms with van der Waals surface area (Å²) >= 11 is 0. The Balaban J connectivity index is 1.40. The Morgan fingerprint density at radius 1 is 1.17 bits per heavy atom. The number of sulfonamides is 1. The molecular formula is C17H25N3O3S. The molecule has 3 rings (SSSR count). The lowest BCUT2D eigenvalue weighted by molar-refractivity contribution is -0.122. The maximum absolute atomic E-state index is 12.1. The van der Waals surface area contributed by atoms with Crippen LogP contribution in [-0.2, 0) is 21.2 Å². The minimum Gasteiger partial charge on any atom is -0.356 e. The Hall–Kier alpha value is -1.44. The molecule has 132 valence electrons. The number of nitrogens with two attached hydrogens (primary N) is 1. The van der Waals surface area contributed by atoms with E-state index in [1.807, 2.05) is 0 Å². The monoisotopic (exact) mass is 351 g/mol. The first kappa shape index (κ1) is 17.4. The van der Waals surface area contributed by atoms with Gasteiger partial charge in [-0.3, -0.25) is 4.79 Å². The number of rotatable bonds is 6. The summed E-state index contributed by atoms with van der Waals surface area (Å²) in [5.74, 6) is 0.611. The van der Waals surface area contributed by atoms with Gasteiger partial charge in [0, 0.05) is 25.0 Å². The molecule has 0 radical (unpaired) electrons. The van der Waals surface area contributed by atoms with E-state index in [1.54, 1.807) is 12.1 Å². The van der Waals surface area contributed by atoms with Gasteiger partial charge in [-0.25, -0.2) is 13.6 Å². The summed E-state index contributed by atoms with van der Waals surface area (Å²) in [5, 5.41) is 11.6. The summed E-state index contributed by atoms with van der Waals surface area (Å²) < 4.78 is 22.4. The summed E-state index contributed by atoms with van der Waals surface area (Å²) in [7, 11) is -3.65. The quantitative estimate of drug-likeness (QED) is 0.709. The fourth-order valence-electron chi connectivity index (χ4n) is 3.87. The third-order valence-electron chi connectivity index (χ3n) is 5.03. The molecular weight excluding hydrogens is 326 g/mol. The molecule has 4 N–H and O–H groups in total. The standard InChI is InChI=1S/C17H25N3O3S/c18-24(22,23)16-5-1-12(2-6-16)7-8-19-17(21)11-13-9-14-3-4-15(10-13)20-14/h1-2,5-6,13-15,20H,3-4,7-11H2,(H,19,21)(H2,18,22,23). The van der Waals surface area contributed by atoms with E-state index in [0.29, 0.717) is 37.4 Å². The smallest absolute Gasteiger partial charge is 0.238 e. The van der Waals surface area contributed by atoms with Crippen molar-refractivity contribution in [3.8, 4) is 0 Å². The lowest BCUT2D eigenvalue weighted by Gasteiger charge is -2.28. The van der Waals surface area contributed by atoms with Crippen LogP contribution in [0, 0.1) is 5.92 Å². The average Bonchev–Trinajstić information content (AvgIpc) is 2.86. The second-order valence-corrected chi connectivity index (χ2v) is 8.53. The van der Waals surface area contributed by atoms with Gasteiger partial charge in [-0.1, -0.05) is 12.1 Å². The molecule has 1 amide bonds. The maximum Gasteiger partial charge on any atom is 0.238 e. The van der Waals surface area contributed by atoms with Crippen molar-refractivity contribution in [3.05, 3.63) is 29.8 Å². The fourth-order valence-corrected chi connectivity index (χ4v) is 4.38. The molecule has 2 heterocycles. The Labute approximate surface area is 143 Å². The molecule has 2 aliphatic rings. The number of hydrogen-bond acceptors (Lipinski definition) is 4. The molecule has 2 unspecified atom stereocenters. The van der Waals surface area contributed by atoms with Gasteiger partial charge in [-0.2, -0.15) is 0 Å². The van der Waals surface area contributed by atoms with Gasteiger partial charge < -0.3 is 10.6 Å². The molecule has 0 aliphatic carbocycles. The summed E-state index contributed by atoms with van der Waals surface area (Å²) in [6.07, 6.45) is 6.00. The van der Waals surface area contributed by atoms with E-state index in [4.69, 9.17) is 5.14 Å². The Bertz CT molecular complexity index is 676. The third-order valence-corrected chi connectivity index (χ3v) is 5.96. The van der Waals surface area contributed by atoms with Gasteiger partial charge >= 0.3 is 0 Å². The second kappa shape index (κ2) is 7.21. The number of piperidine rings is 1. The molecule has 7 heteroatoms. The van der Waals surface area contributed by atoms with Gasteiger partial charge in [0.2, 0.25) is 15.9 Å². The van der Waals surface area contributed by atoms with Gasteiger partial charge in [-0.05, 0) is 55.7 Å². The first-order valence-corrected chi connectivity index (χ1v) is 10.1. The number of hydrogen-bond donors (Lipinski definition) is 3. The van der Waals surface area contributed by atoms with Crippen molar-refractivity contribution < 1.29 is 13.2 Å². The minimum atomic E-state index is -3.65. The summed E-state index contributed by atoms with van der Waals surface area (Å²) in [6, 6.07) is 7.68. The van der Waals surface area contributed by atoms with Crippen molar-refractivity contribution >= 4 is 15.9 Å². The number of primary sulfonamides is 1. The normalized spacial score (nSPS) is 26.3. The van der Waals surface area contributed by atoms with Gasteiger partial charge in [-0.15, -0.1) is 0 Å². The Kier molecular flexibility index (Phi) is 5.22. The number of carbonyl (C=O) groups is 1. The van der Waals surface area contributed by atoms with Crippen molar-refractivity contribution in [1.82, 2.24) is 10.6 Å². The zero-order valence-electron chi connectivity index (χ0n) is 13.7. The molecule has 6 nitrogen and oxygen atoms in total. The molecule has 2 bridgehead atoms. The first-order valence-electron chi connectivity index (χ1n) is 8.54. The third kappa shape index (κ3) is 4.55. The van der Waals surface area contributed by atoms with Crippen LogP contribution < -0.4 is 15.8 Å². The van der Waals surface area contributed by atoms with Gasteiger partial charge in [0.25, 0.3) is 0 Å². The molecule has 2 aliphatic heterocycles. The number of carbonyl (C=O) groups excluding carboxylic acids is 1. The molecule has 2 saturated heterocycles. The Morgan fingerprint density at radius 3 is 2.38 bits per heavy atom. The van der Waals surface area contributed by atoms with E-state index < -0.39 is 10.0 Å². The van der Waals surface area contributed by atoms with Crippen LogP contribution in [0.4, 0.5) is 0 Å². The molecule has 0 aromatic heterocycles. The van der Waals surface area contributed by atoms with Crippen molar-refractivity contribution in [2.24, 2.45) is 11.1 Å². The largest absolute Gasteiger partial charge is 0.356 e. The average molecular weight is 351 g/mol. The zero-order valence-corrected chi connectivity index (χ0v) is 14.5. The highest BCUT2D eigenvalue weighted by atomic mass is 32.2. The van der Waals surface area contributed by atoms with Crippen LogP contribution in [0.15, 0.2) is 29.2 Å². The van der Waals surface area contributed by atoms with Crippen molar-refractivity contribution in [2.75, 3.05) is 6.54 Å². The lowest BCUT2D eigenvalue weighted by Crippen LogP contribution is -2.39. The predicted octanol–water partition coefficient (Wildman–Crippen LogP) is 0.913. The van der Waals surface area contributed by atoms with Gasteiger partial charge in [0.05, 0.1) is 4.90 Å². The van der Waals surface area contributed by atoms with E-state index in [0.717, 1.165) is 18.4 Å². The SMILES string of the molecule is NS(=O)(=O)c1ccc(CCNC(=O)CC2CC3CCC(C2)N3)cc1. The minimum absolute atomic E-state index is 0.107. The van der Waals surface area contributed by atoms with Crippen LogP contribution in [0.1, 0.15) is 37.7 Å². The topological polar surface area (TPSA) is 101 Å². The summed E-state index contributed by atoms with van der Waals surface area (Å²) in [4.78, 5) is 12.2. The maximum atomic E-state index is 12.1. The van der Waals surface area contributed by atoms with E-state index in [2.05, 4.69) is 10.6 Å². The molecule has 24 heavy (non-hydrogen) atoms. The number of benzene rings is 1. The number of nitrogens with one attached hydrogen (secondary N) is 2. The number of amides is 1. The zero-order chi connectivity index (χ0) is 17.2. The van der Waals surface area contributed by atoms with Gasteiger partial charge in [0.1, 0.15) is 0 Å². The molecule has 2 atom stereocenters. The predicted molar refractivity (Wildman–Crippen MR) is 91.8 cm³/mol. The van der Waals surface area contributed by atoms with Crippen molar-refractivity contribution in [3.63, 3.8) is 0 Å². The molecule has 1 aromatic rings. The van der Waals surface area contributed by atoms with Crippen LogP contribution >= 0.6 is 0 Å². The second-order valence-electron chi connectivity index (χ2n) is 6.97. The van der Waals surface area contributed by atoms with Crippen LogP contribution in [0.2, 0.25) is 0 Å². The molecule has 0 spiro atoms. The number of fused-ring (bicyclic) bond motifs is 2. The first-order chi connectivity index (χ1) is 11.4. The van der Waals surface area contributed by atoms with Gasteiger partial charge in [0.15, 0.2) is 0 Å². The fraction of sp³-hybridized carbons (Fsp3) is 0.588. The highest BCUT2D eigenvalue weighted by Gasteiger charge is 2.34. The van der Waals surface area contributed by atoms with E-state index >= 15 is 0 Å². The van der Waals surface area contributed by atoms with E-state index in [-0.39, 0.29) is 10.8 Å². The van der Waals surface area contributed by atoms with Crippen LogP contribution in [0.3, 0.4) is 0 Å². The van der Waals surface area contributed by atoms with E-state index in [1.165, 1.54) is 25.0 Å². The summed E-state index contributed by atoms with van der Waals surface area (Å²) in [5.41, 5.74) is 0.975. The van der Waals surface area contributed by atoms with Crippen LogP contribution in [-0.4, -0.2) is 33.0 Å². The van der Waals surface area contributed by atoms with Crippen molar-refractivity contribution in [2.45, 2.75) is 55.5 Å². The Morgan fingerprint density at radius 2 is 1.79 bits per heavy atom. The van der Waals surface area contributed by atoms with Crippen LogP contribution in [0.25, 0.3) is 0 Å². The lowest BCUT2D eigenvalue weighted by atomic mass is 9.89. The van der Waals surface area contributed by atoms with Crippen molar-refractivity contribution in [1.29, 1.82) is 0 Å². The highest BCUT2D eigenvalue weighted by molar-refractivity contribution is 7.89. The molecule has 0 saturated carbocycles. The van der Waals surface area contributed by atoms with Crippen LogP contribution in [0.5, 0.6) is 0 Å². The molecule has 1 aromatic carbocycles. The molecule has 2 fully saturated rings. The van der Waals surface area contributed by atoms with E-state index in [9.17, 15) is 13.2 Å². The summed E-state index contributed by atoms with van der Waals surface area (Å²) in [6.45, 7) is 0.561.